The first kappa shape index (κ1) is 23.6. The summed E-state index contributed by atoms with van der Waals surface area (Å²) in [7, 11) is 0. The summed E-state index contributed by atoms with van der Waals surface area (Å²) in [4.78, 5) is 28.6. The molecule has 2 aliphatic heterocycles. The summed E-state index contributed by atoms with van der Waals surface area (Å²) in [6, 6.07) is 6.50. The highest BCUT2D eigenvalue weighted by molar-refractivity contribution is 5.98. The first-order chi connectivity index (χ1) is 16.0. The molecular formula is C26H37N5O2. The number of hydrogen-bond donors (Lipinski definition) is 0. The van der Waals surface area contributed by atoms with Crippen LogP contribution in [0.1, 0.15) is 47.7 Å². The van der Waals surface area contributed by atoms with E-state index in [-0.39, 0.29) is 5.78 Å². The maximum Gasteiger partial charge on any atom is 0.225 e. The number of benzene rings is 1. The molecule has 0 N–H and O–H groups in total. The second-order valence-electron chi connectivity index (χ2n) is 9.40. The van der Waals surface area contributed by atoms with Crippen LogP contribution in [0.4, 0.5) is 5.95 Å². The van der Waals surface area contributed by atoms with Crippen LogP contribution in [0.3, 0.4) is 0 Å². The van der Waals surface area contributed by atoms with Gasteiger partial charge in [0.15, 0.2) is 5.78 Å². The molecule has 3 heterocycles. The third-order valence-corrected chi connectivity index (χ3v) is 6.88. The molecule has 0 bridgehead atoms. The van der Waals surface area contributed by atoms with Gasteiger partial charge in [0.1, 0.15) is 5.75 Å². The van der Waals surface area contributed by atoms with E-state index in [9.17, 15) is 4.79 Å². The fraction of sp³-hybridized carbons (Fsp3) is 0.577. The standard InChI is InChI=1S/C26H37N5O2/c1-20-17-23(18-21(2)25(20)33-16-6-11-30-10-4-7-22(30)3)24(32)19-29-12-14-31(15-13-29)26-27-8-5-9-28-26/h5,8-9,17-18,22H,4,6-7,10-16,19H2,1-3H3. The maximum atomic E-state index is 13.0. The first-order valence-corrected chi connectivity index (χ1v) is 12.3. The van der Waals surface area contributed by atoms with Gasteiger partial charge in [-0.05, 0) is 75.9 Å². The van der Waals surface area contributed by atoms with E-state index in [2.05, 4.69) is 31.6 Å². The van der Waals surface area contributed by atoms with Gasteiger partial charge >= 0.3 is 0 Å². The zero-order chi connectivity index (χ0) is 23.2. The Morgan fingerprint density at radius 3 is 2.39 bits per heavy atom. The average molecular weight is 452 g/mol. The number of anilines is 1. The van der Waals surface area contributed by atoms with Gasteiger partial charge in [-0.3, -0.25) is 9.69 Å². The molecule has 4 rings (SSSR count). The van der Waals surface area contributed by atoms with Crippen molar-refractivity contribution in [3.8, 4) is 5.75 Å². The number of likely N-dealkylation sites (tertiary alicyclic amines) is 1. The smallest absolute Gasteiger partial charge is 0.225 e. The Bertz CT molecular complexity index is 905. The van der Waals surface area contributed by atoms with E-state index in [1.54, 1.807) is 12.4 Å². The number of carbonyl (C=O) groups is 1. The third-order valence-electron chi connectivity index (χ3n) is 6.88. The predicted octanol–water partition coefficient (Wildman–Crippen LogP) is 3.35. The zero-order valence-corrected chi connectivity index (χ0v) is 20.3. The lowest BCUT2D eigenvalue weighted by Gasteiger charge is -2.34. The van der Waals surface area contributed by atoms with Crippen molar-refractivity contribution in [1.29, 1.82) is 0 Å². The van der Waals surface area contributed by atoms with Gasteiger partial charge in [-0.2, -0.15) is 0 Å². The summed E-state index contributed by atoms with van der Waals surface area (Å²) in [5.41, 5.74) is 2.86. The first-order valence-electron chi connectivity index (χ1n) is 12.3. The normalized spacial score (nSPS) is 19.7. The van der Waals surface area contributed by atoms with Gasteiger partial charge in [0.05, 0.1) is 13.2 Å². The molecule has 2 aliphatic rings. The number of aromatic nitrogens is 2. The molecule has 0 spiro atoms. The van der Waals surface area contributed by atoms with Gasteiger partial charge < -0.3 is 14.5 Å². The largest absolute Gasteiger partial charge is 0.493 e. The quantitative estimate of drug-likeness (QED) is 0.428. The lowest BCUT2D eigenvalue weighted by Crippen LogP contribution is -2.48. The number of aryl methyl sites for hydroxylation is 2. The molecular weight excluding hydrogens is 414 g/mol. The maximum absolute atomic E-state index is 13.0. The van der Waals surface area contributed by atoms with Crippen LogP contribution in [0.2, 0.25) is 0 Å². The number of ether oxygens (including phenoxy) is 1. The summed E-state index contributed by atoms with van der Waals surface area (Å²) in [6.45, 7) is 13.2. The van der Waals surface area contributed by atoms with E-state index < -0.39 is 0 Å². The molecule has 33 heavy (non-hydrogen) atoms. The highest BCUT2D eigenvalue weighted by Crippen LogP contribution is 2.26. The molecule has 178 valence electrons. The number of rotatable bonds is 9. The minimum Gasteiger partial charge on any atom is -0.493 e. The van der Waals surface area contributed by atoms with Crippen molar-refractivity contribution in [1.82, 2.24) is 19.8 Å². The minimum absolute atomic E-state index is 0.167. The third kappa shape index (κ3) is 6.09. The molecule has 0 saturated carbocycles. The summed E-state index contributed by atoms with van der Waals surface area (Å²) >= 11 is 0. The lowest BCUT2D eigenvalue weighted by atomic mass is 10.0. The Morgan fingerprint density at radius 1 is 1.06 bits per heavy atom. The van der Waals surface area contributed by atoms with E-state index in [4.69, 9.17) is 4.74 Å². The van der Waals surface area contributed by atoms with E-state index in [1.807, 2.05) is 32.0 Å². The summed E-state index contributed by atoms with van der Waals surface area (Å²) < 4.78 is 6.14. The number of Topliss-reactive ketones (excluding diaryl/α,β-unsaturated/α-hetero) is 1. The SMILES string of the molecule is Cc1cc(C(=O)CN2CCN(c3ncccn3)CC2)cc(C)c1OCCCN1CCCC1C. The van der Waals surface area contributed by atoms with E-state index in [1.165, 1.54) is 19.4 Å². The Hall–Kier alpha value is -2.51. The van der Waals surface area contributed by atoms with Crippen LogP contribution in [0.15, 0.2) is 30.6 Å². The van der Waals surface area contributed by atoms with E-state index in [0.29, 0.717) is 19.2 Å². The molecule has 2 saturated heterocycles. The van der Waals surface area contributed by atoms with Crippen LogP contribution < -0.4 is 9.64 Å². The van der Waals surface area contributed by atoms with Crippen LogP contribution in [0.25, 0.3) is 0 Å². The lowest BCUT2D eigenvalue weighted by molar-refractivity contribution is 0.0926. The molecule has 1 atom stereocenters. The van der Waals surface area contributed by atoms with Crippen LogP contribution in [0, 0.1) is 13.8 Å². The number of nitrogens with zero attached hydrogens (tertiary/aromatic N) is 5. The molecule has 1 aromatic carbocycles. The molecule has 2 fully saturated rings. The minimum atomic E-state index is 0.167. The fourth-order valence-electron chi connectivity index (χ4n) is 4.96. The van der Waals surface area contributed by atoms with Crippen molar-refractivity contribution in [2.75, 3.05) is 57.3 Å². The van der Waals surface area contributed by atoms with Gasteiger partial charge in [-0.25, -0.2) is 9.97 Å². The van der Waals surface area contributed by atoms with Crippen molar-refractivity contribution in [2.24, 2.45) is 0 Å². The molecule has 0 radical (unpaired) electrons. The highest BCUT2D eigenvalue weighted by Gasteiger charge is 2.22. The number of carbonyl (C=O) groups excluding carboxylic acids is 1. The Labute approximate surface area is 197 Å². The molecule has 0 aliphatic carbocycles. The summed E-state index contributed by atoms with van der Waals surface area (Å²) in [5, 5.41) is 0. The van der Waals surface area contributed by atoms with Crippen LogP contribution in [0.5, 0.6) is 5.75 Å². The van der Waals surface area contributed by atoms with Gasteiger partial charge in [-0.15, -0.1) is 0 Å². The molecule has 0 amide bonds. The van der Waals surface area contributed by atoms with E-state index in [0.717, 1.165) is 67.5 Å². The van der Waals surface area contributed by atoms with Gasteiger partial charge in [0, 0.05) is 56.7 Å². The second-order valence-corrected chi connectivity index (χ2v) is 9.40. The molecule has 1 unspecified atom stereocenters. The van der Waals surface area contributed by atoms with E-state index >= 15 is 0 Å². The summed E-state index contributed by atoms with van der Waals surface area (Å²) in [5.74, 6) is 1.86. The molecule has 2 aromatic rings. The van der Waals surface area contributed by atoms with Gasteiger partial charge in [-0.1, -0.05) is 0 Å². The number of hydrogen-bond acceptors (Lipinski definition) is 7. The van der Waals surface area contributed by atoms with Crippen molar-refractivity contribution in [3.05, 3.63) is 47.3 Å². The zero-order valence-electron chi connectivity index (χ0n) is 20.3. The van der Waals surface area contributed by atoms with Crippen LogP contribution >= 0.6 is 0 Å². The van der Waals surface area contributed by atoms with Gasteiger partial charge in [0.2, 0.25) is 5.95 Å². The van der Waals surface area contributed by atoms with Crippen molar-refractivity contribution in [2.45, 2.75) is 46.1 Å². The number of piperazine rings is 1. The highest BCUT2D eigenvalue weighted by atomic mass is 16.5. The average Bonchev–Trinajstić information content (AvgIpc) is 3.23. The summed E-state index contributed by atoms with van der Waals surface area (Å²) in [6.07, 6.45) is 7.19. The predicted molar refractivity (Wildman–Crippen MR) is 131 cm³/mol. The monoisotopic (exact) mass is 451 g/mol. The fourth-order valence-corrected chi connectivity index (χ4v) is 4.96. The molecule has 7 heteroatoms. The Balaban J connectivity index is 1.26. The number of ketones is 1. The second kappa shape index (κ2) is 11.1. The molecule has 1 aromatic heterocycles. The van der Waals surface area contributed by atoms with Crippen molar-refractivity contribution < 1.29 is 9.53 Å². The molecule has 7 nitrogen and oxygen atoms in total. The topological polar surface area (TPSA) is 61.8 Å². The van der Waals surface area contributed by atoms with Gasteiger partial charge in [0.25, 0.3) is 0 Å². The van der Waals surface area contributed by atoms with Crippen LogP contribution in [-0.2, 0) is 0 Å². The Kier molecular flexibility index (Phi) is 7.93. The van der Waals surface area contributed by atoms with Crippen LogP contribution in [-0.4, -0.2) is 84.0 Å². The Morgan fingerprint density at radius 2 is 1.76 bits per heavy atom. The van der Waals surface area contributed by atoms with Crippen molar-refractivity contribution in [3.63, 3.8) is 0 Å². The van der Waals surface area contributed by atoms with Crippen molar-refractivity contribution >= 4 is 11.7 Å².